The third-order valence-electron chi connectivity index (χ3n) is 4.82. The summed E-state index contributed by atoms with van der Waals surface area (Å²) in [5, 5.41) is 10.1. The Balaban J connectivity index is 1.87. The van der Waals surface area contributed by atoms with Crippen molar-refractivity contribution in [3.05, 3.63) is 89.5 Å². The Morgan fingerprint density at radius 3 is 1.68 bits per heavy atom. The van der Waals surface area contributed by atoms with Crippen LogP contribution in [0.2, 0.25) is 0 Å². The monoisotopic (exact) mass is 376 g/mol. The van der Waals surface area contributed by atoms with Crippen LogP contribution in [0.1, 0.15) is 21.5 Å². The number of hydrogen-bond donors (Lipinski definition) is 1. The van der Waals surface area contributed by atoms with Crippen molar-refractivity contribution in [3.63, 3.8) is 0 Å². The van der Waals surface area contributed by atoms with Gasteiger partial charge in [-0.1, -0.05) is 36.4 Å². The van der Waals surface area contributed by atoms with Crippen LogP contribution in [0.25, 0.3) is 0 Å². The van der Waals surface area contributed by atoms with Crippen LogP contribution < -0.4 is 9.47 Å². The van der Waals surface area contributed by atoms with Crippen molar-refractivity contribution in [3.8, 4) is 17.2 Å². The predicted molar refractivity (Wildman–Crippen MR) is 109 cm³/mol. The normalized spacial score (nSPS) is 10.7. The first-order chi connectivity index (χ1) is 13.6. The smallest absolute Gasteiger partial charge is 0.170 e. The third-order valence-corrected chi connectivity index (χ3v) is 4.82. The number of carbonyl (C=O) groups excluding carboxylic acids is 1. The molecule has 3 aromatic carbocycles. The van der Waals surface area contributed by atoms with Crippen LogP contribution in [-0.2, 0) is 12.8 Å². The van der Waals surface area contributed by atoms with Crippen molar-refractivity contribution >= 4 is 5.78 Å². The number of aromatic hydroxyl groups is 1. The van der Waals surface area contributed by atoms with E-state index in [1.54, 1.807) is 38.5 Å². The van der Waals surface area contributed by atoms with Gasteiger partial charge in [-0.15, -0.1) is 0 Å². The lowest BCUT2D eigenvalue weighted by atomic mass is 9.86. The second-order valence-electron chi connectivity index (χ2n) is 6.68. The molecule has 1 N–H and O–H groups in total. The molecule has 0 spiro atoms. The largest absolute Gasteiger partial charge is 0.507 e. The molecule has 0 aliphatic heterocycles. The first kappa shape index (κ1) is 19.5. The van der Waals surface area contributed by atoms with Gasteiger partial charge in [0.25, 0.3) is 0 Å². The summed E-state index contributed by atoms with van der Waals surface area (Å²) >= 11 is 0. The molecular weight excluding hydrogens is 352 g/mol. The molecule has 4 heteroatoms. The van der Waals surface area contributed by atoms with Crippen LogP contribution >= 0.6 is 0 Å². The first-order valence-electron chi connectivity index (χ1n) is 9.18. The summed E-state index contributed by atoms with van der Waals surface area (Å²) in [5.74, 6) is 1.21. The second kappa shape index (κ2) is 9.09. The summed E-state index contributed by atoms with van der Waals surface area (Å²) in [7, 11) is 3.26. The molecule has 0 amide bonds. The number of rotatable bonds is 8. The lowest BCUT2D eigenvalue weighted by Crippen LogP contribution is -2.20. The van der Waals surface area contributed by atoms with E-state index < -0.39 is 0 Å². The fourth-order valence-electron chi connectivity index (χ4n) is 3.25. The Morgan fingerprint density at radius 1 is 0.786 bits per heavy atom. The minimum absolute atomic E-state index is 0.0157. The predicted octanol–water partition coefficient (Wildman–Crippen LogP) is 4.69. The van der Waals surface area contributed by atoms with Crippen LogP contribution in [-0.4, -0.2) is 25.1 Å². The summed E-state index contributed by atoms with van der Waals surface area (Å²) in [4.78, 5) is 13.2. The van der Waals surface area contributed by atoms with Gasteiger partial charge < -0.3 is 14.6 Å². The topological polar surface area (TPSA) is 55.8 Å². The SMILES string of the molecule is COc1ccc(CC(Cc2ccc(OC)cc2)C(=O)c2ccccc2O)cc1. The standard InChI is InChI=1S/C24H24O4/c1-27-20-11-7-17(8-12-20)15-19(16-18-9-13-21(28-2)14-10-18)24(26)22-5-3-4-6-23(22)25/h3-14,19,25H,15-16H2,1-2H3. The van der Waals surface area contributed by atoms with E-state index in [9.17, 15) is 9.90 Å². The van der Waals surface area contributed by atoms with E-state index in [4.69, 9.17) is 9.47 Å². The van der Waals surface area contributed by atoms with E-state index in [1.807, 2.05) is 48.5 Å². The number of ketones is 1. The van der Waals surface area contributed by atoms with Crippen LogP contribution in [0.3, 0.4) is 0 Å². The Hall–Kier alpha value is -3.27. The molecule has 0 fully saturated rings. The van der Waals surface area contributed by atoms with Crippen molar-refractivity contribution < 1.29 is 19.4 Å². The number of carbonyl (C=O) groups is 1. The highest BCUT2D eigenvalue weighted by Gasteiger charge is 2.23. The average Bonchev–Trinajstić information content (AvgIpc) is 2.74. The van der Waals surface area contributed by atoms with E-state index in [2.05, 4.69) is 0 Å². The van der Waals surface area contributed by atoms with Crippen LogP contribution in [0, 0.1) is 5.92 Å². The van der Waals surface area contributed by atoms with Gasteiger partial charge in [0.15, 0.2) is 5.78 Å². The molecule has 0 aliphatic carbocycles. The van der Waals surface area contributed by atoms with Gasteiger partial charge >= 0.3 is 0 Å². The molecule has 0 aliphatic rings. The Kier molecular flexibility index (Phi) is 6.33. The van der Waals surface area contributed by atoms with Crippen molar-refractivity contribution in [1.29, 1.82) is 0 Å². The molecular formula is C24H24O4. The van der Waals surface area contributed by atoms with E-state index in [-0.39, 0.29) is 17.5 Å². The fraction of sp³-hybridized carbons (Fsp3) is 0.208. The van der Waals surface area contributed by atoms with E-state index in [0.29, 0.717) is 18.4 Å². The molecule has 0 unspecified atom stereocenters. The number of Topliss-reactive ketones (excluding diaryl/α,β-unsaturated/α-hetero) is 1. The highest BCUT2D eigenvalue weighted by atomic mass is 16.5. The molecule has 144 valence electrons. The van der Waals surface area contributed by atoms with Crippen LogP contribution in [0.4, 0.5) is 0 Å². The number of methoxy groups -OCH3 is 2. The van der Waals surface area contributed by atoms with Gasteiger partial charge in [0.05, 0.1) is 19.8 Å². The van der Waals surface area contributed by atoms with Gasteiger partial charge in [0.2, 0.25) is 0 Å². The Labute approximate surface area is 165 Å². The second-order valence-corrected chi connectivity index (χ2v) is 6.68. The molecule has 0 aromatic heterocycles. The number of benzene rings is 3. The molecule has 28 heavy (non-hydrogen) atoms. The van der Waals surface area contributed by atoms with E-state index >= 15 is 0 Å². The summed E-state index contributed by atoms with van der Waals surface area (Å²) in [6.07, 6.45) is 1.15. The molecule has 0 saturated heterocycles. The lowest BCUT2D eigenvalue weighted by molar-refractivity contribution is 0.0915. The highest BCUT2D eigenvalue weighted by molar-refractivity contribution is 6.00. The summed E-state index contributed by atoms with van der Waals surface area (Å²) in [6, 6.07) is 22.2. The number of hydrogen-bond acceptors (Lipinski definition) is 4. The minimum atomic E-state index is -0.296. The third kappa shape index (κ3) is 4.71. The zero-order valence-electron chi connectivity index (χ0n) is 16.1. The molecule has 3 rings (SSSR count). The first-order valence-corrected chi connectivity index (χ1v) is 9.18. The van der Waals surface area contributed by atoms with Crippen molar-refractivity contribution in [2.24, 2.45) is 5.92 Å². The average molecular weight is 376 g/mol. The minimum Gasteiger partial charge on any atom is -0.507 e. The highest BCUT2D eigenvalue weighted by Crippen LogP contribution is 2.26. The molecule has 0 heterocycles. The van der Waals surface area contributed by atoms with Crippen molar-refractivity contribution in [2.45, 2.75) is 12.8 Å². The summed E-state index contributed by atoms with van der Waals surface area (Å²) < 4.78 is 10.4. The zero-order chi connectivity index (χ0) is 19.9. The molecule has 3 aromatic rings. The van der Waals surface area contributed by atoms with Crippen LogP contribution in [0.5, 0.6) is 17.2 Å². The number of phenols is 1. The maximum atomic E-state index is 13.2. The van der Waals surface area contributed by atoms with Gasteiger partial charge in [-0.05, 0) is 60.4 Å². The summed E-state index contributed by atoms with van der Waals surface area (Å²) in [5.41, 5.74) is 2.45. The molecule has 0 bridgehead atoms. The number of ether oxygens (including phenoxy) is 2. The lowest BCUT2D eigenvalue weighted by Gasteiger charge is -2.17. The van der Waals surface area contributed by atoms with E-state index in [1.165, 1.54) is 0 Å². The van der Waals surface area contributed by atoms with Crippen molar-refractivity contribution in [2.75, 3.05) is 14.2 Å². The zero-order valence-corrected chi connectivity index (χ0v) is 16.1. The fourth-order valence-corrected chi connectivity index (χ4v) is 3.25. The van der Waals surface area contributed by atoms with Gasteiger partial charge in [-0.2, -0.15) is 0 Å². The van der Waals surface area contributed by atoms with Gasteiger partial charge in [0.1, 0.15) is 17.2 Å². The van der Waals surface area contributed by atoms with Crippen molar-refractivity contribution in [1.82, 2.24) is 0 Å². The molecule has 4 nitrogen and oxygen atoms in total. The summed E-state index contributed by atoms with van der Waals surface area (Å²) in [6.45, 7) is 0. The Bertz CT molecular complexity index is 865. The number of para-hydroxylation sites is 1. The van der Waals surface area contributed by atoms with E-state index in [0.717, 1.165) is 22.6 Å². The van der Waals surface area contributed by atoms with Gasteiger partial charge in [-0.25, -0.2) is 0 Å². The van der Waals surface area contributed by atoms with Gasteiger partial charge in [-0.3, -0.25) is 4.79 Å². The molecule has 0 atom stereocenters. The van der Waals surface area contributed by atoms with Gasteiger partial charge in [0, 0.05) is 5.92 Å². The molecule has 0 radical (unpaired) electrons. The Morgan fingerprint density at radius 2 is 1.25 bits per heavy atom. The molecule has 0 saturated carbocycles. The number of phenolic OH excluding ortho intramolecular Hbond substituents is 1. The van der Waals surface area contributed by atoms with Crippen LogP contribution in [0.15, 0.2) is 72.8 Å². The maximum Gasteiger partial charge on any atom is 0.170 e. The maximum absolute atomic E-state index is 13.2. The quantitative estimate of drug-likeness (QED) is 0.579.